The van der Waals surface area contributed by atoms with E-state index in [1.807, 2.05) is 49.4 Å². The van der Waals surface area contributed by atoms with Crippen molar-refractivity contribution < 1.29 is 13.7 Å². The van der Waals surface area contributed by atoms with E-state index in [0.717, 1.165) is 12.0 Å². The lowest BCUT2D eigenvalue weighted by Gasteiger charge is -2.17. The molecule has 1 amide bonds. The van der Waals surface area contributed by atoms with E-state index in [0.29, 0.717) is 36.7 Å². The van der Waals surface area contributed by atoms with Crippen molar-refractivity contribution in [1.82, 2.24) is 15.5 Å². The first kappa shape index (κ1) is 17.0. The molecule has 1 N–H and O–H groups in total. The van der Waals surface area contributed by atoms with E-state index in [-0.39, 0.29) is 11.9 Å². The van der Waals surface area contributed by atoms with Crippen LogP contribution in [0.4, 0.5) is 0 Å². The van der Waals surface area contributed by atoms with Crippen LogP contribution >= 0.6 is 0 Å². The predicted molar refractivity (Wildman–Crippen MR) is 91.7 cm³/mol. The first-order valence-corrected chi connectivity index (χ1v) is 8.45. The Hall–Kier alpha value is -2.89. The summed E-state index contributed by atoms with van der Waals surface area (Å²) in [5.74, 6) is 1.95. The molecule has 1 atom stereocenters. The molecule has 0 fully saturated rings. The van der Waals surface area contributed by atoms with Gasteiger partial charge in [0.15, 0.2) is 5.82 Å². The molecule has 0 saturated heterocycles. The minimum absolute atomic E-state index is 0.0412. The van der Waals surface area contributed by atoms with Crippen LogP contribution in [-0.4, -0.2) is 16.0 Å². The summed E-state index contributed by atoms with van der Waals surface area (Å²) >= 11 is 0. The summed E-state index contributed by atoms with van der Waals surface area (Å²) in [7, 11) is 0. The van der Waals surface area contributed by atoms with Crippen LogP contribution in [-0.2, 0) is 17.6 Å². The summed E-state index contributed by atoms with van der Waals surface area (Å²) in [6, 6.07) is 13.2. The highest BCUT2D eigenvalue weighted by molar-refractivity contribution is 5.76. The molecule has 0 aliphatic carbocycles. The number of amides is 1. The Kier molecular flexibility index (Phi) is 5.61. The lowest BCUT2D eigenvalue weighted by molar-refractivity contribution is -0.121. The fourth-order valence-corrected chi connectivity index (χ4v) is 2.59. The number of carbonyl (C=O) groups is 1. The predicted octanol–water partition coefficient (Wildman–Crippen LogP) is 3.45. The molecule has 0 spiro atoms. The van der Waals surface area contributed by atoms with E-state index in [4.69, 9.17) is 8.94 Å². The third kappa shape index (κ3) is 4.56. The van der Waals surface area contributed by atoms with E-state index in [9.17, 15) is 4.79 Å². The molecule has 1 aromatic carbocycles. The van der Waals surface area contributed by atoms with Gasteiger partial charge in [0.2, 0.25) is 11.8 Å². The summed E-state index contributed by atoms with van der Waals surface area (Å²) in [6.45, 7) is 1.97. The summed E-state index contributed by atoms with van der Waals surface area (Å²) in [5.41, 5.74) is 0.982. The van der Waals surface area contributed by atoms with Crippen LogP contribution in [0, 0.1) is 0 Å². The Bertz CT molecular complexity index is 781. The summed E-state index contributed by atoms with van der Waals surface area (Å²) < 4.78 is 10.6. The normalized spacial score (nSPS) is 12.0. The highest BCUT2D eigenvalue weighted by atomic mass is 16.5. The van der Waals surface area contributed by atoms with Crippen molar-refractivity contribution in [1.29, 1.82) is 0 Å². The van der Waals surface area contributed by atoms with Gasteiger partial charge in [-0.25, -0.2) is 0 Å². The van der Waals surface area contributed by atoms with Crippen molar-refractivity contribution in [2.24, 2.45) is 0 Å². The minimum Gasteiger partial charge on any atom is -0.467 e. The van der Waals surface area contributed by atoms with Gasteiger partial charge in [0.25, 0.3) is 0 Å². The number of benzene rings is 1. The third-order valence-electron chi connectivity index (χ3n) is 3.89. The molecule has 130 valence electrons. The van der Waals surface area contributed by atoms with Crippen LogP contribution in [0.25, 0.3) is 0 Å². The van der Waals surface area contributed by atoms with Gasteiger partial charge >= 0.3 is 0 Å². The third-order valence-corrected chi connectivity index (χ3v) is 3.89. The lowest BCUT2D eigenvalue weighted by atomic mass is 10.0. The number of hydrogen-bond acceptors (Lipinski definition) is 5. The van der Waals surface area contributed by atoms with Crippen molar-refractivity contribution in [2.75, 3.05) is 0 Å². The number of hydrogen-bond donors (Lipinski definition) is 1. The molecule has 6 nitrogen and oxygen atoms in total. The Morgan fingerprint density at radius 2 is 2.04 bits per heavy atom. The van der Waals surface area contributed by atoms with E-state index < -0.39 is 0 Å². The zero-order valence-electron chi connectivity index (χ0n) is 14.1. The quantitative estimate of drug-likeness (QED) is 0.680. The smallest absolute Gasteiger partial charge is 0.226 e. The second kappa shape index (κ2) is 8.28. The van der Waals surface area contributed by atoms with Gasteiger partial charge in [-0.2, -0.15) is 4.98 Å². The number of furan rings is 1. The Morgan fingerprint density at radius 1 is 1.20 bits per heavy atom. The number of nitrogens with zero attached hydrogens (tertiary/aromatic N) is 2. The highest BCUT2D eigenvalue weighted by Crippen LogP contribution is 2.22. The number of carbonyl (C=O) groups excluding carboxylic acids is 1. The molecule has 6 heteroatoms. The van der Waals surface area contributed by atoms with Crippen molar-refractivity contribution >= 4 is 5.91 Å². The van der Waals surface area contributed by atoms with Gasteiger partial charge in [0.1, 0.15) is 11.8 Å². The van der Waals surface area contributed by atoms with Crippen LogP contribution in [0.5, 0.6) is 0 Å². The second-order valence-electron chi connectivity index (χ2n) is 5.74. The number of rotatable bonds is 8. The van der Waals surface area contributed by atoms with Gasteiger partial charge < -0.3 is 14.3 Å². The van der Waals surface area contributed by atoms with Gasteiger partial charge in [-0.15, -0.1) is 0 Å². The molecular formula is C19H21N3O3. The van der Waals surface area contributed by atoms with Crippen molar-refractivity contribution in [3.05, 3.63) is 71.8 Å². The van der Waals surface area contributed by atoms with Crippen molar-refractivity contribution in [2.45, 2.75) is 38.6 Å². The summed E-state index contributed by atoms with van der Waals surface area (Å²) in [6.07, 6.45) is 3.98. The topological polar surface area (TPSA) is 81.2 Å². The Balaban J connectivity index is 1.57. The average Bonchev–Trinajstić information content (AvgIpc) is 3.32. The van der Waals surface area contributed by atoms with Crippen LogP contribution in [0.3, 0.4) is 0 Å². The number of nitrogens with one attached hydrogen (secondary N) is 1. The monoisotopic (exact) mass is 339 g/mol. The second-order valence-corrected chi connectivity index (χ2v) is 5.74. The number of aromatic nitrogens is 2. The molecule has 3 aromatic rings. The van der Waals surface area contributed by atoms with Gasteiger partial charge in [0.05, 0.1) is 6.26 Å². The molecule has 3 rings (SSSR count). The maximum atomic E-state index is 12.4. The molecule has 0 bridgehead atoms. The summed E-state index contributed by atoms with van der Waals surface area (Å²) in [5, 5.41) is 6.89. The number of aryl methyl sites for hydroxylation is 2. The van der Waals surface area contributed by atoms with Crippen LogP contribution in [0.1, 0.15) is 48.8 Å². The van der Waals surface area contributed by atoms with E-state index >= 15 is 0 Å². The zero-order valence-corrected chi connectivity index (χ0v) is 14.1. The van der Waals surface area contributed by atoms with Gasteiger partial charge in [-0.3, -0.25) is 4.79 Å². The molecule has 0 unspecified atom stereocenters. The molecule has 0 radical (unpaired) electrons. The van der Waals surface area contributed by atoms with Crippen LogP contribution in [0.2, 0.25) is 0 Å². The summed E-state index contributed by atoms with van der Waals surface area (Å²) in [4.78, 5) is 16.6. The standard InChI is InChI=1S/C19H21N3O3/c1-2-16-20-18(25-22-16)12-6-11-17(23)21-19(15-10-7-13-24-15)14-8-4-3-5-9-14/h3-5,7-10,13,19H,2,6,11-12H2,1H3,(H,21,23)/t19-/m0/s1. The van der Waals surface area contributed by atoms with Crippen LogP contribution in [0.15, 0.2) is 57.7 Å². The van der Waals surface area contributed by atoms with Crippen LogP contribution < -0.4 is 5.32 Å². The molecule has 2 heterocycles. The minimum atomic E-state index is -0.293. The fraction of sp³-hybridized carbons (Fsp3) is 0.316. The fourth-order valence-electron chi connectivity index (χ4n) is 2.59. The molecular weight excluding hydrogens is 318 g/mol. The molecule has 25 heavy (non-hydrogen) atoms. The maximum Gasteiger partial charge on any atom is 0.226 e. The zero-order chi connectivity index (χ0) is 17.5. The first-order chi connectivity index (χ1) is 12.3. The van der Waals surface area contributed by atoms with Crippen molar-refractivity contribution in [3.63, 3.8) is 0 Å². The molecule has 0 aliphatic heterocycles. The average molecular weight is 339 g/mol. The highest BCUT2D eigenvalue weighted by Gasteiger charge is 2.19. The van der Waals surface area contributed by atoms with E-state index in [1.54, 1.807) is 6.26 Å². The largest absolute Gasteiger partial charge is 0.467 e. The Labute approximate surface area is 146 Å². The van der Waals surface area contributed by atoms with Gasteiger partial charge in [-0.05, 0) is 24.1 Å². The maximum absolute atomic E-state index is 12.4. The van der Waals surface area contributed by atoms with E-state index in [1.165, 1.54) is 0 Å². The SMILES string of the molecule is CCc1noc(CCCC(=O)N[C@@H](c2ccccc2)c2ccco2)n1. The Morgan fingerprint density at radius 3 is 2.72 bits per heavy atom. The molecule has 0 aliphatic rings. The van der Waals surface area contributed by atoms with E-state index in [2.05, 4.69) is 15.5 Å². The van der Waals surface area contributed by atoms with Gasteiger partial charge in [0, 0.05) is 19.3 Å². The lowest BCUT2D eigenvalue weighted by Crippen LogP contribution is -2.28. The first-order valence-electron chi connectivity index (χ1n) is 8.45. The van der Waals surface area contributed by atoms with Crippen molar-refractivity contribution in [3.8, 4) is 0 Å². The molecule has 0 saturated carbocycles. The molecule has 2 aromatic heterocycles. The van der Waals surface area contributed by atoms with Gasteiger partial charge in [-0.1, -0.05) is 42.4 Å².